The number of hydrogen-bond donors (Lipinski definition) is 3. The number of anilines is 3. The van der Waals surface area contributed by atoms with Crippen molar-refractivity contribution in [1.82, 2.24) is 19.5 Å². The zero-order valence-electron chi connectivity index (χ0n) is 18.9. The number of aliphatic hydroxyl groups is 1. The van der Waals surface area contributed by atoms with Gasteiger partial charge in [0.05, 0.1) is 12.8 Å². The second-order valence-electron chi connectivity index (χ2n) is 9.29. The van der Waals surface area contributed by atoms with E-state index in [-0.39, 0.29) is 18.7 Å². The van der Waals surface area contributed by atoms with Gasteiger partial charge < -0.3 is 20.5 Å². The Kier molecular flexibility index (Phi) is 6.66. The summed E-state index contributed by atoms with van der Waals surface area (Å²) in [5, 5.41) is 17.2. The molecule has 3 N–H and O–H groups in total. The predicted octanol–water partition coefficient (Wildman–Crippen LogP) is 4.78. The van der Waals surface area contributed by atoms with Crippen molar-refractivity contribution in [2.45, 2.75) is 51.1 Å². The van der Waals surface area contributed by atoms with E-state index in [1.807, 2.05) is 24.3 Å². The third-order valence-corrected chi connectivity index (χ3v) is 7.14. The molecule has 1 aliphatic heterocycles. The molecule has 2 fully saturated rings. The van der Waals surface area contributed by atoms with Crippen LogP contribution in [-0.4, -0.2) is 50.5 Å². The molecule has 0 unspecified atom stereocenters. The first-order valence-electron chi connectivity index (χ1n) is 11.8. The van der Waals surface area contributed by atoms with Gasteiger partial charge in [-0.05, 0) is 62.1 Å². The highest BCUT2D eigenvalue weighted by atomic mass is 35.5. The lowest BCUT2D eigenvalue weighted by Gasteiger charge is -2.30. The molecule has 2 aromatic heterocycles. The summed E-state index contributed by atoms with van der Waals surface area (Å²) in [6, 6.07) is 8.18. The number of nitrogens with one attached hydrogen (secondary N) is 2. The zero-order valence-corrected chi connectivity index (χ0v) is 19.6. The van der Waals surface area contributed by atoms with E-state index in [1.165, 1.54) is 0 Å². The van der Waals surface area contributed by atoms with Crippen molar-refractivity contribution in [3.05, 3.63) is 35.5 Å². The summed E-state index contributed by atoms with van der Waals surface area (Å²) in [4.78, 5) is 14.3. The lowest BCUT2D eigenvalue weighted by Crippen LogP contribution is -2.36. The minimum absolute atomic E-state index is 0.254. The Bertz CT molecular complexity index is 1100. The van der Waals surface area contributed by atoms with Crippen LogP contribution in [0.25, 0.3) is 11.2 Å². The molecule has 0 radical (unpaired) electrons. The molecule has 176 valence electrons. The van der Waals surface area contributed by atoms with E-state index in [4.69, 9.17) is 26.3 Å². The fraction of sp³-hybridized carbons (Fsp3) is 0.542. The molecule has 3 heterocycles. The number of halogens is 1. The normalized spacial score (nSPS) is 25.8. The standard InChI is InChI=1S/C24H31ClN6O2/c1-15-14-33-10-9-20(15)28-23-26-12-21-22(30-23)31(19-7-5-16(13-32)6-8-19)24(29-21)27-18-4-2-3-17(25)11-18/h2-4,11-12,15-16,19-20,32H,5-10,13-14H2,1H3,(H,27,29)(H,26,28,30)/t15-,16?,19?,20+/m0/s1. The number of rotatable bonds is 6. The monoisotopic (exact) mass is 470 g/mol. The van der Waals surface area contributed by atoms with Gasteiger partial charge in [-0.1, -0.05) is 24.6 Å². The fourth-order valence-electron chi connectivity index (χ4n) is 4.94. The molecule has 9 heteroatoms. The Balaban J connectivity index is 1.49. The van der Waals surface area contributed by atoms with Gasteiger partial charge in [0.15, 0.2) is 5.65 Å². The predicted molar refractivity (Wildman–Crippen MR) is 130 cm³/mol. The van der Waals surface area contributed by atoms with Gasteiger partial charge in [-0.2, -0.15) is 4.98 Å². The van der Waals surface area contributed by atoms with E-state index in [1.54, 1.807) is 6.20 Å². The van der Waals surface area contributed by atoms with Gasteiger partial charge in [0.1, 0.15) is 5.52 Å². The minimum atomic E-state index is 0.254. The average molecular weight is 471 g/mol. The van der Waals surface area contributed by atoms with Gasteiger partial charge in [-0.15, -0.1) is 0 Å². The van der Waals surface area contributed by atoms with Crippen molar-refractivity contribution in [3.63, 3.8) is 0 Å². The van der Waals surface area contributed by atoms with Crippen LogP contribution in [0.15, 0.2) is 30.5 Å². The molecule has 3 aromatic rings. The molecule has 5 rings (SSSR count). The molecular weight excluding hydrogens is 440 g/mol. The third kappa shape index (κ3) is 4.93. The Morgan fingerprint density at radius 1 is 1.18 bits per heavy atom. The molecule has 1 saturated heterocycles. The van der Waals surface area contributed by atoms with E-state index in [0.717, 1.165) is 68.1 Å². The lowest BCUT2D eigenvalue weighted by molar-refractivity contribution is 0.0536. The van der Waals surface area contributed by atoms with Gasteiger partial charge in [-0.3, -0.25) is 4.57 Å². The van der Waals surface area contributed by atoms with E-state index in [9.17, 15) is 5.11 Å². The highest BCUT2D eigenvalue weighted by Crippen LogP contribution is 2.37. The Morgan fingerprint density at radius 2 is 2.03 bits per heavy atom. The number of fused-ring (bicyclic) bond motifs is 1. The topological polar surface area (TPSA) is 97.1 Å². The van der Waals surface area contributed by atoms with Crippen LogP contribution < -0.4 is 10.6 Å². The van der Waals surface area contributed by atoms with Crippen molar-refractivity contribution < 1.29 is 9.84 Å². The largest absolute Gasteiger partial charge is 0.396 e. The van der Waals surface area contributed by atoms with Crippen LogP contribution in [0.5, 0.6) is 0 Å². The van der Waals surface area contributed by atoms with E-state index < -0.39 is 0 Å². The maximum absolute atomic E-state index is 9.59. The van der Waals surface area contributed by atoms with Crippen molar-refractivity contribution in [2.75, 3.05) is 30.5 Å². The summed E-state index contributed by atoms with van der Waals surface area (Å²) in [6.07, 6.45) is 6.68. The molecule has 1 aromatic carbocycles. The third-order valence-electron chi connectivity index (χ3n) is 6.91. The van der Waals surface area contributed by atoms with Crippen LogP contribution in [0.2, 0.25) is 5.02 Å². The van der Waals surface area contributed by atoms with Gasteiger partial charge in [-0.25, -0.2) is 9.97 Å². The van der Waals surface area contributed by atoms with E-state index >= 15 is 0 Å². The summed E-state index contributed by atoms with van der Waals surface area (Å²) in [5.41, 5.74) is 2.46. The van der Waals surface area contributed by atoms with Crippen LogP contribution >= 0.6 is 11.6 Å². The van der Waals surface area contributed by atoms with Crippen molar-refractivity contribution in [1.29, 1.82) is 0 Å². The van der Waals surface area contributed by atoms with Crippen molar-refractivity contribution in [2.24, 2.45) is 11.8 Å². The maximum atomic E-state index is 9.59. The number of benzene rings is 1. The van der Waals surface area contributed by atoms with Crippen LogP contribution in [0, 0.1) is 11.8 Å². The molecule has 0 spiro atoms. The Morgan fingerprint density at radius 3 is 2.79 bits per heavy atom. The molecule has 8 nitrogen and oxygen atoms in total. The Labute approximate surface area is 198 Å². The molecule has 1 saturated carbocycles. The first kappa shape index (κ1) is 22.4. The molecule has 2 aliphatic rings. The summed E-state index contributed by atoms with van der Waals surface area (Å²) in [6.45, 7) is 3.94. The SMILES string of the molecule is C[C@H]1COCC[C@H]1Nc1ncc2nc(Nc3cccc(Cl)c3)n(C3CCC(CO)CC3)c2n1. The minimum Gasteiger partial charge on any atom is -0.396 e. The highest BCUT2D eigenvalue weighted by Gasteiger charge is 2.27. The summed E-state index contributed by atoms with van der Waals surface area (Å²) >= 11 is 6.20. The van der Waals surface area contributed by atoms with Gasteiger partial charge in [0.25, 0.3) is 0 Å². The van der Waals surface area contributed by atoms with Crippen LogP contribution in [-0.2, 0) is 4.74 Å². The molecule has 2 atom stereocenters. The highest BCUT2D eigenvalue weighted by molar-refractivity contribution is 6.30. The maximum Gasteiger partial charge on any atom is 0.224 e. The molecule has 1 aliphatic carbocycles. The Hall–Kier alpha value is -2.42. The van der Waals surface area contributed by atoms with Crippen molar-refractivity contribution >= 4 is 40.3 Å². The summed E-state index contributed by atoms with van der Waals surface area (Å²) in [5.74, 6) is 2.14. The van der Waals surface area contributed by atoms with Gasteiger partial charge in [0, 0.05) is 36.0 Å². The summed E-state index contributed by atoms with van der Waals surface area (Å²) < 4.78 is 7.79. The second-order valence-corrected chi connectivity index (χ2v) is 9.73. The van der Waals surface area contributed by atoms with E-state index in [2.05, 4.69) is 27.1 Å². The number of ether oxygens (including phenoxy) is 1. The van der Waals surface area contributed by atoms with Crippen LogP contribution in [0.4, 0.5) is 17.6 Å². The van der Waals surface area contributed by atoms with E-state index in [0.29, 0.717) is 22.8 Å². The number of aliphatic hydroxyl groups excluding tert-OH is 1. The molecule has 33 heavy (non-hydrogen) atoms. The quantitative estimate of drug-likeness (QED) is 0.476. The average Bonchev–Trinajstić information content (AvgIpc) is 3.17. The van der Waals surface area contributed by atoms with Crippen LogP contribution in [0.3, 0.4) is 0 Å². The molecular formula is C24H31ClN6O2. The smallest absolute Gasteiger partial charge is 0.224 e. The van der Waals surface area contributed by atoms with Gasteiger partial charge >= 0.3 is 0 Å². The lowest BCUT2D eigenvalue weighted by atomic mass is 9.86. The van der Waals surface area contributed by atoms with Crippen molar-refractivity contribution in [3.8, 4) is 0 Å². The molecule has 0 bridgehead atoms. The number of aromatic nitrogens is 4. The molecule has 0 amide bonds. The van der Waals surface area contributed by atoms with Crippen LogP contribution in [0.1, 0.15) is 45.1 Å². The summed E-state index contributed by atoms with van der Waals surface area (Å²) in [7, 11) is 0. The first-order valence-corrected chi connectivity index (χ1v) is 12.2. The number of nitrogens with zero attached hydrogens (tertiary/aromatic N) is 4. The number of hydrogen-bond acceptors (Lipinski definition) is 7. The van der Waals surface area contributed by atoms with Gasteiger partial charge in [0.2, 0.25) is 11.9 Å². The second kappa shape index (κ2) is 9.83. The zero-order chi connectivity index (χ0) is 22.8. The fourth-order valence-corrected chi connectivity index (χ4v) is 5.13. The number of imidazole rings is 1. The first-order chi connectivity index (χ1) is 16.1.